The van der Waals surface area contributed by atoms with E-state index in [0.29, 0.717) is 0 Å². The summed E-state index contributed by atoms with van der Waals surface area (Å²) in [5, 5.41) is 3.22. The SMILES string of the molecule is CCNC(C)(C)C(=O)c1ccc(-c2ccccc2)cc1. The largest absolute Gasteiger partial charge is 0.305 e. The molecule has 0 amide bonds. The van der Waals surface area contributed by atoms with Gasteiger partial charge in [-0.05, 0) is 31.5 Å². The Balaban J connectivity index is 2.23. The molecule has 2 aromatic rings. The molecule has 0 fully saturated rings. The highest BCUT2D eigenvalue weighted by atomic mass is 16.1. The normalized spacial score (nSPS) is 11.3. The van der Waals surface area contributed by atoms with Gasteiger partial charge >= 0.3 is 0 Å². The highest BCUT2D eigenvalue weighted by molar-refractivity contribution is 6.03. The van der Waals surface area contributed by atoms with Gasteiger partial charge in [0.15, 0.2) is 5.78 Å². The summed E-state index contributed by atoms with van der Waals surface area (Å²) < 4.78 is 0. The van der Waals surface area contributed by atoms with Gasteiger partial charge in [0.1, 0.15) is 0 Å². The molecule has 0 aromatic heterocycles. The maximum absolute atomic E-state index is 12.4. The fraction of sp³-hybridized carbons (Fsp3) is 0.278. The topological polar surface area (TPSA) is 29.1 Å². The highest BCUT2D eigenvalue weighted by Crippen LogP contribution is 2.21. The van der Waals surface area contributed by atoms with Gasteiger partial charge in [0.2, 0.25) is 0 Å². The van der Waals surface area contributed by atoms with Gasteiger partial charge in [-0.3, -0.25) is 4.79 Å². The molecular weight excluding hydrogens is 246 g/mol. The van der Waals surface area contributed by atoms with E-state index in [2.05, 4.69) is 17.4 Å². The van der Waals surface area contributed by atoms with Crippen LogP contribution in [0, 0.1) is 0 Å². The van der Waals surface area contributed by atoms with Gasteiger partial charge in [0.05, 0.1) is 5.54 Å². The molecule has 0 aliphatic carbocycles. The van der Waals surface area contributed by atoms with Crippen molar-refractivity contribution in [3.8, 4) is 11.1 Å². The molecule has 0 aliphatic heterocycles. The van der Waals surface area contributed by atoms with Crippen LogP contribution in [-0.2, 0) is 0 Å². The summed E-state index contributed by atoms with van der Waals surface area (Å²) >= 11 is 0. The minimum absolute atomic E-state index is 0.124. The van der Waals surface area contributed by atoms with Crippen LogP contribution in [0.2, 0.25) is 0 Å². The van der Waals surface area contributed by atoms with E-state index >= 15 is 0 Å². The predicted molar refractivity (Wildman–Crippen MR) is 84.0 cm³/mol. The molecule has 0 spiro atoms. The Morgan fingerprint density at radius 3 is 2.05 bits per heavy atom. The Bertz CT molecular complexity index is 570. The predicted octanol–water partition coefficient (Wildman–Crippen LogP) is 3.92. The molecule has 104 valence electrons. The van der Waals surface area contributed by atoms with E-state index in [-0.39, 0.29) is 5.78 Å². The minimum Gasteiger partial charge on any atom is -0.305 e. The number of carbonyl (C=O) groups is 1. The quantitative estimate of drug-likeness (QED) is 0.832. The maximum atomic E-state index is 12.4. The van der Waals surface area contributed by atoms with E-state index in [0.717, 1.165) is 23.2 Å². The Labute approximate surface area is 120 Å². The number of hydrogen-bond donors (Lipinski definition) is 1. The van der Waals surface area contributed by atoms with E-state index in [4.69, 9.17) is 0 Å². The van der Waals surface area contributed by atoms with Crippen LogP contribution in [0.5, 0.6) is 0 Å². The Kier molecular flexibility index (Phi) is 4.35. The summed E-state index contributed by atoms with van der Waals surface area (Å²) in [5.74, 6) is 0.124. The van der Waals surface area contributed by atoms with Crippen molar-refractivity contribution in [3.05, 3.63) is 60.2 Å². The third-order valence-corrected chi connectivity index (χ3v) is 3.44. The molecule has 2 nitrogen and oxygen atoms in total. The van der Waals surface area contributed by atoms with E-state index in [1.807, 2.05) is 63.2 Å². The monoisotopic (exact) mass is 267 g/mol. The van der Waals surface area contributed by atoms with Crippen molar-refractivity contribution < 1.29 is 4.79 Å². The number of rotatable bonds is 5. The Morgan fingerprint density at radius 2 is 1.50 bits per heavy atom. The first-order chi connectivity index (χ1) is 9.54. The van der Waals surface area contributed by atoms with Crippen LogP contribution in [0.3, 0.4) is 0 Å². The molecule has 0 saturated carbocycles. The highest BCUT2D eigenvalue weighted by Gasteiger charge is 2.27. The summed E-state index contributed by atoms with van der Waals surface area (Å²) in [5.41, 5.74) is 2.51. The molecule has 0 heterocycles. The van der Waals surface area contributed by atoms with E-state index < -0.39 is 5.54 Å². The van der Waals surface area contributed by atoms with Crippen LogP contribution >= 0.6 is 0 Å². The summed E-state index contributed by atoms with van der Waals surface area (Å²) in [6.45, 7) is 6.63. The average Bonchev–Trinajstić information content (AvgIpc) is 2.47. The van der Waals surface area contributed by atoms with Crippen LogP contribution in [0.4, 0.5) is 0 Å². The van der Waals surface area contributed by atoms with Crippen molar-refractivity contribution in [1.29, 1.82) is 0 Å². The van der Waals surface area contributed by atoms with Crippen molar-refractivity contribution in [2.24, 2.45) is 0 Å². The molecule has 1 N–H and O–H groups in total. The summed E-state index contributed by atoms with van der Waals surface area (Å²) in [6, 6.07) is 18.0. The first-order valence-electron chi connectivity index (χ1n) is 7.00. The summed E-state index contributed by atoms with van der Waals surface area (Å²) in [4.78, 5) is 12.4. The summed E-state index contributed by atoms with van der Waals surface area (Å²) in [6.07, 6.45) is 0. The number of likely N-dealkylation sites (N-methyl/N-ethyl adjacent to an activating group) is 1. The van der Waals surface area contributed by atoms with Gasteiger partial charge in [0, 0.05) is 5.56 Å². The Morgan fingerprint density at radius 1 is 0.950 bits per heavy atom. The zero-order chi connectivity index (χ0) is 14.6. The van der Waals surface area contributed by atoms with Gasteiger partial charge in [-0.25, -0.2) is 0 Å². The molecule has 0 unspecified atom stereocenters. The van der Waals surface area contributed by atoms with Crippen LogP contribution < -0.4 is 5.32 Å². The fourth-order valence-corrected chi connectivity index (χ4v) is 2.33. The standard InChI is InChI=1S/C18H21NO/c1-4-19-18(2,3)17(20)16-12-10-15(11-13-16)14-8-6-5-7-9-14/h5-13,19H,4H2,1-3H3. The van der Waals surface area contributed by atoms with Gasteiger partial charge in [-0.15, -0.1) is 0 Å². The molecule has 0 atom stereocenters. The minimum atomic E-state index is -0.525. The number of benzene rings is 2. The van der Waals surface area contributed by atoms with E-state index in [9.17, 15) is 4.79 Å². The lowest BCUT2D eigenvalue weighted by Crippen LogP contribution is -2.46. The second-order valence-electron chi connectivity index (χ2n) is 5.43. The van der Waals surface area contributed by atoms with Gasteiger partial charge < -0.3 is 5.32 Å². The first-order valence-corrected chi connectivity index (χ1v) is 7.00. The zero-order valence-electron chi connectivity index (χ0n) is 12.3. The number of hydrogen-bond acceptors (Lipinski definition) is 2. The van der Waals surface area contributed by atoms with Gasteiger partial charge in [-0.2, -0.15) is 0 Å². The maximum Gasteiger partial charge on any atom is 0.182 e. The molecule has 2 aromatic carbocycles. The molecule has 0 saturated heterocycles. The zero-order valence-corrected chi connectivity index (χ0v) is 12.3. The molecular formula is C18H21NO. The molecule has 0 aliphatic rings. The fourth-order valence-electron chi connectivity index (χ4n) is 2.33. The van der Waals surface area contributed by atoms with Crippen LogP contribution in [-0.4, -0.2) is 17.9 Å². The number of ketones is 1. The smallest absolute Gasteiger partial charge is 0.182 e. The van der Waals surface area contributed by atoms with Crippen molar-refractivity contribution >= 4 is 5.78 Å². The lowest BCUT2D eigenvalue weighted by atomic mass is 9.92. The van der Waals surface area contributed by atoms with Gasteiger partial charge in [0.25, 0.3) is 0 Å². The van der Waals surface area contributed by atoms with Gasteiger partial charge in [-0.1, -0.05) is 61.5 Å². The Hall–Kier alpha value is -1.93. The van der Waals surface area contributed by atoms with E-state index in [1.165, 1.54) is 0 Å². The first kappa shape index (κ1) is 14.5. The van der Waals surface area contributed by atoms with E-state index in [1.54, 1.807) is 0 Å². The molecule has 0 bridgehead atoms. The van der Waals surface area contributed by atoms with Crippen LogP contribution in [0.25, 0.3) is 11.1 Å². The lowest BCUT2D eigenvalue weighted by Gasteiger charge is -2.24. The third-order valence-electron chi connectivity index (χ3n) is 3.44. The van der Waals surface area contributed by atoms with Crippen molar-refractivity contribution in [2.45, 2.75) is 26.3 Å². The molecule has 0 radical (unpaired) electrons. The number of Topliss-reactive ketones (excluding diaryl/α,β-unsaturated/α-hetero) is 1. The van der Waals surface area contributed by atoms with Crippen LogP contribution in [0.15, 0.2) is 54.6 Å². The summed E-state index contributed by atoms with van der Waals surface area (Å²) in [7, 11) is 0. The lowest BCUT2D eigenvalue weighted by molar-refractivity contribution is 0.0884. The number of nitrogens with one attached hydrogen (secondary N) is 1. The molecule has 2 heteroatoms. The van der Waals surface area contributed by atoms with Crippen molar-refractivity contribution in [2.75, 3.05) is 6.54 Å². The second kappa shape index (κ2) is 6.02. The number of carbonyl (C=O) groups excluding carboxylic acids is 1. The molecule has 2 rings (SSSR count). The molecule has 20 heavy (non-hydrogen) atoms. The third kappa shape index (κ3) is 3.14. The van der Waals surface area contributed by atoms with Crippen molar-refractivity contribution in [3.63, 3.8) is 0 Å². The average molecular weight is 267 g/mol. The van der Waals surface area contributed by atoms with Crippen molar-refractivity contribution in [1.82, 2.24) is 5.32 Å². The van der Waals surface area contributed by atoms with Crippen LogP contribution in [0.1, 0.15) is 31.1 Å². The second-order valence-corrected chi connectivity index (χ2v) is 5.43.